The van der Waals surface area contributed by atoms with E-state index in [0.29, 0.717) is 22.7 Å². The molecule has 0 aliphatic heterocycles. The van der Waals surface area contributed by atoms with Crippen LogP contribution in [0.4, 0.5) is 0 Å². The number of hydrogen-bond donors (Lipinski definition) is 0. The Labute approximate surface area is 134 Å². The Kier molecular flexibility index (Phi) is 7.34. The average molecular weight is 384 g/mol. The van der Waals surface area contributed by atoms with Gasteiger partial charge in [0.15, 0.2) is 0 Å². The van der Waals surface area contributed by atoms with Gasteiger partial charge >= 0.3 is 0 Å². The summed E-state index contributed by atoms with van der Waals surface area (Å²) in [5, 5.41) is 0. The first-order chi connectivity index (χ1) is 9.38. The number of benzene rings is 1. The van der Waals surface area contributed by atoms with Crippen LogP contribution in [-0.4, -0.2) is 15.0 Å². The van der Waals surface area contributed by atoms with Crippen molar-refractivity contribution < 1.29 is 13.2 Å². The molecule has 1 atom stereocenters. The quantitative estimate of drug-likeness (QED) is 0.595. The lowest BCUT2D eigenvalue weighted by Crippen LogP contribution is -2.11. The van der Waals surface area contributed by atoms with Crippen molar-refractivity contribution in [3.8, 4) is 5.75 Å². The Morgan fingerprint density at radius 1 is 1.35 bits per heavy atom. The van der Waals surface area contributed by atoms with Crippen LogP contribution in [0.2, 0.25) is 0 Å². The number of unbranched alkanes of at least 4 members (excludes halogenated alkanes) is 1. The largest absolute Gasteiger partial charge is 0.492 e. The second-order valence-electron chi connectivity index (χ2n) is 4.76. The van der Waals surface area contributed by atoms with Gasteiger partial charge in [-0.3, -0.25) is 0 Å². The van der Waals surface area contributed by atoms with E-state index in [1.807, 2.05) is 0 Å². The summed E-state index contributed by atoms with van der Waals surface area (Å²) >= 11 is 3.32. The summed E-state index contributed by atoms with van der Waals surface area (Å²) in [5.74, 6) is 1.17. The maximum Gasteiger partial charge on any atom is 0.261 e. The van der Waals surface area contributed by atoms with Crippen LogP contribution in [0.25, 0.3) is 0 Å². The van der Waals surface area contributed by atoms with Gasteiger partial charge in [-0.15, -0.1) is 0 Å². The zero-order valence-corrected chi connectivity index (χ0v) is 14.9. The van der Waals surface area contributed by atoms with Crippen LogP contribution >= 0.6 is 26.6 Å². The molecule has 20 heavy (non-hydrogen) atoms. The summed E-state index contributed by atoms with van der Waals surface area (Å²) < 4.78 is 28.8. The molecule has 0 radical (unpaired) electrons. The fraction of sp³-hybridized carbons (Fsp3) is 0.571. The molecule has 1 aromatic carbocycles. The van der Waals surface area contributed by atoms with Crippen molar-refractivity contribution in [3.05, 3.63) is 22.7 Å². The molecule has 0 aliphatic rings. The minimum absolute atomic E-state index is 0.0661. The van der Waals surface area contributed by atoms with Crippen molar-refractivity contribution in [2.24, 2.45) is 5.92 Å². The number of ether oxygens (including phenoxy) is 1. The van der Waals surface area contributed by atoms with E-state index < -0.39 is 9.05 Å². The third-order valence-electron chi connectivity index (χ3n) is 3.20. The Balaban J connectivity index is 2.69. The molecule has 1 unspecified atom stereocenters. The zero-order chi connectivity index (χ0) is 15.2. The Bertz CT molecular complexity index is 531. The monoisotopic (exact) mass is 382 g/mol. The highest BCUT2D eigenvalue weighted by Crippen LogP contribution is 2.30. The Hall–Kier alpha value is -0.260. The van der Waals surface area contributed by atoms with Crippen LogP contribution in [0.1, 0.15) is 39.5 Å². The highest BCUT2D eigenvalue weighted by Gasteiger charge is 2.13. The lowest BCUT2D eigenvalue weighted by Gasteiger charge is -2.16. The number of rotatable bonds is 8. The molecule has 0 fully saturated rings. The van der Waals surface area contributed by atoms with Crippen molar-refractivity contribution in [2.75, 3.05) is 6.61 Å². The van der Waals surface area contributed by atoms with E-state index in [1.54, 1.807) is 6.07 Å². The van der Waals surface area contributed by atoms with Crippen LogP contribution in [-0.2, 0) is 9.05 Å². The van der Waals surface area contributed by atoms with Crippen LogP contribution in [0.15, 0.2) is 27.6 Å². The molecule has 0 aliphatic carbocycles. The van der Waals surface area contributed by atoms with Gasteiger partial charge in [0.25, 0.3) is 9.05 Å². The highest BCUT2D eigenvalue weighted by atomic mass is 79.9. The summed E-state index contributed by atoms with van der Waals surface area (Å²) in [5.41, 5.74) is 0. The summed E-state index contributed by atoms with van der Waals surface area (Å²) in [6.45, 7) is 4.97. The van der Waals surface area contributed by atoms with Gasteiger partial charge in [-0.2, -0.15) is 0 Å². The molecule has 3 nitrogen and oxygen atoms in total. The van der Waals surface area contributed by atoms with Gasteiger partial charge < -0.3 is 4.74 Å². The van der Waals surface area contributed by atoms with Crippen molar-refractivity contribution in [3.63, 3.8) is 0 Å². The molecule has 0 N–H and O–H groups in total. The molecular formula is C14H20BrClO3S. The molecular weight excluding hydrogens is 364 g/mol. The standard InChI is InChI=1S/C14H20BrClO3S/c1-3-5-6-11(4-2)10-19-14-8-7-12(9-13(14)15)20(16,17)18/h7-9,11H,3-6,10H2,1-2H3. The molecule has 0 saturated carbocycles. The minimum Gasteiger partial charge on any atom is -0.492 e. The topological polar surface area (TPSA) is 43.4 Å². The summed E-state index contributed by atoms with van der Waals surface area (Å²) in [4.78, 5) is 0.0661. The van der Waals surface area contributed by atoms with Crippen LogP contribution in [0.5, 0.6) is 5.75 Å². The second-order valence-corrected chi connectivity index (χ2v) is 8.18. The molecule has 0 bridgehead atoms. The Morgan fingerprint density at radius 2 is 2.05 bits per heavy atom. The lowest BCUT2D eigenvalue weighted by atomic mass is 10.0. The summed E-state index contributed by atoms with van der Waals surface area (Å²) in [6.07, 6.45) is 4.61. The number of halogens is 2. The molecule has 0 spiro atoms. The minimum atomic E-state index is -3.70. The van der Waals surface area contributed by atoms with Crippen molar-refractivity contribution in [2.45, 2.75) is 44.4 Å². The molecule has 1 aromatic rings. The molecule has 1 rings (SSSR count). The summed E-state index contributed by atoms with van der Waals surface area (Å²) in [7, 11) is 1.60. The van der Waals surface area contributed by atoms with Crippen LogP contribution < -0.4 is 4.74 Å². The van der Waals surface area contributed by atoms with E-state index >= 15 is 0 Å². The first-order valence-corrected chi connectivity index (χ1v) is 9.85. The van der Waals surface area contributed by atoms with Crippen LogP contribution in [0.3, 0.4) is 0 Å². The van der Waals surface area contributed by atoms with E-state index in [4.69, 9.17) is 15.4 Å². The van der Waals surface area contributed by atoms with Crippen molar-refractivity contribution in [1.29, 1.82) is 0 Å². The fourth-order valence-corrected chi connectivity index (χ4v) is 3.28. The number of hydrogen-bond acceptors (Lipinski definition) is 3. The van der Waals surface area contributed by atoms with Gasteiger partial charge in [-0.1, -0.05) is 33.1 Å². The van der Waals surface area contributed by atoms with E-state index in [2.05, 4.69) is 29.8 Å². The fourth-order valence-electron chi connectivity index (χ4n) is 1.86. The van der Waals surface area contributed by atoms with Gasteiger partial charge in [0, 0.05) is 10.7 Å². The third kappa shape index (κ3) is 5.62. The summed E-state index contributed by atoms with van der Waals surface area (Å²) in [6, 6.07) is 4.55. The van der Waals surface area contributed by atoms with E-state index in [1.165, 1.54) is 25.0 Å². The average Bonchev–Trinajstić information content (AvgIpc) is 2.39. The maximum atomic E-state index is 11.2. The normalized spacial score (nSPS) is 13.2. The van der Waals surface area contributed by atoms with E-state index in [0.717, 1.165) is 12.8 Å². The molecule has 6 heteroatoms. The second kappa shape index (κ2) is 8.25. The molecule has 0 amide bonds. The first kappa shape index (κ1) is 17.8. The van der Waals surface area contributed by atoms with Gasteiger partial charge in [0.2, 0.25) is 0 Å². The van der Waals surface area contributed by atoms with Crippen molar-refractivity contribution in [1.82, 2.24) is 0 Å². The Morgan fingerprint density at radius 3 is 2.55 bits per heavy atom. The van der Waals surface area contributed by atoms with Gasteiger partial charge in [-0.05, 0) is 46.5 Å². The van der Waals surface area contributed by atoms with Gasteiger partial charge in [0.05, 0.1) is 16.0 Å². The molecule has 0 saturated heterocycles. The SMILES string of the molecule is CCCCC(CC)COc1ccc(S(=O)(=O)Cl)cc1Br. The first-order valence-electron chi connectivity index (χ1n) is 6.75. The molecule has 114 valence electrons. The predicted molar refractivity (Wildman–Crippen MR) is 86.0 cm³/mol. The lowest BCUT2D eigenvalue weighted by molar-refractivity contribution is 0.232. The smallest absolute Gasteiger partial charge is 0.261 e. The predicted octanol–water partition coefficient (Wildman–Crippen LogP) is 4.97. The molecule has 0 aromatic heterocycles. The molecule has 0 heterocycles. The van der Waals surface area contributed by atoms with Crippen LogP contribution in [0, 0.1) is 5.92 Å². The van der Waals surface area contributed by atoms with E-state index in [9.17, 15) is 8.42 Å². The zero-order valence-electron chi connectivity index (χ0n) is 11.7. The highest BCUT2D eigenvalue weighted by molar-refractivity contribution is 9.10. The van der Waals surface area contributed by atoms with Gasteiger partial charge in [0.1, 0.15) is 5.75 Å². The third-order valence-corrected chi connectivity index (χ3v) is 5.17. The van der Waals surface area contributed by atoms with Gasteiger partial charge in [-0.25, -0.2) is 8.42 Å². The van der Waals surface area contributed by atoms with E-state index in [-0.39, 0.29) is 4.90 Å². The maximum absolute atomic E-state index is 11.2. The van der Waals surface area contributed by atoms with Crippen molar-refractivity contribution >= 4 is 35.7 Å².